The molecule has 0 bridgehead atoms. The van der Waals surface area contributed by atoms with Gasteiger partial charge in [-0.3, -0.25) is 4.79 Å². The van der Waals surface area contributed by atoms with Gasteiger partial charge < -0.3 is 5.32 Å². The van der Waals surface area contributed by atoms with Crippen molar-refractivity contribution < 1.29 is 22.0 Å². The van der Waals surface area contributed by atoms with E-state index in [0.29, 0.717) is 6.07 Å². The summed E-state index contributed by atoms with van der Waals surface area (Å²) in [4.78, 5) is 10.7. The van der Waals surface area contributed by atoms with Gasteiger partial charge in [0.25, 0.3) is 5.91 Å². The monoisotopic (exact) mass is 340 g/mol. The van der Waals surface area contributed by atoms with Gasteiger partial charge in [-0.25, -0.2) is 22.3 Å². The zero-order chi connectivity index (χ0) is 16.4. The molecule has 0 saturated heterocycles. The number of sulfonamides is 1. The lowest BCUT2D eigenvalue weighted by Gasteiger charge is -2.13. The Bertz CT molecular complexity index is 665. The minimum atomic E-state index is -4.61. The molecule has 0 fully saturated rings. The first kappa shape index (κ1) is 17.8. The van der Waals surface area contributed by atoms with Crippen molar-refractivity contribution in [2.75, 3.05) is 6.54 Å². The van der Waals surface area contributed by atoms with Gasteiger partial charge in [-0.2, -0.15) is 0 Å². The topological polar surface area (TPSA) is 89.3 Å². The number of carbonyl (C=O) groups is 1. The molecule has 1 aromatic carbocycles. The van der Waals surface area contributed by atoms with Crippen LogP contribution in [0, 0.1) is 17.6 Å². The van der Waals surface area contributed by atoms with Crippen molar-refractivity contribution in [3.63, 3.8) is 0 Å². The van der Waals surface area contributed by atoms with E-state index in [1.807, 2.05) is 13.8 Å². The average Bonchev–Trinajstić information content (AvgIpc) is 2.38. The Morgan fingerprint density at radius 3 is 2.52 bits per heavy atom. The third-order valence-corrected chi connectivity index (χ3v) is 4.41. The Kier molecular flexibility index (Phi) is 5.66. The maximum atomic E-state index is 13.5. The van der Waals surface area contributed by atoms with Gasteiger partial charge >= 0.3 is 0 Å². The fourth-order valence-electron chi connectivity index (χ4n) is 1.50. The SMILES string of the molecule is CCC(C)CNC(=O)c1cc(F)c(F)c(S(N)(=O)=O)c1Cl. The van der Waals surface area contributed by atoms with E-state index in [1.54, 1.807) is 0 Å². The molecule has 0 aliphatic heterocycles. The van der Waals surface area contributed by atoms with Crippen LogP contribution in [-0.2, 0) is 10.0 Å². The Hall–Kier alpha value is -1.25. The van der Waals surface area contributed by atoms with Gasteiger partial charge in [-0.05, 0) is 12.0 Å². The summed E-state index contributed by atoms with van der Waals surface area (Å²) in [6.07, 6.45) is 0.800. The molecule has 0 aliphatic carbocycles. The molecule has 5 nitrogen and oxygen atoms in total. The van der Waals surface area contributed by atoms with E-state index in [4.69, 9.17) is 16.7 Å². The predicted octanol–water partition coefficient (Wildman–Crippen LogP) is 2.04. The fraction of sp³-hybridized carbons (Fsp3) is 0.417. The molecular weight excluding hydrogens is 326 g/mol. The van der Waals surface area contributed by atoms with Crippen LogP contribution in [0.4, 0.5) is 8.78 Å². The molecule has 3 N–H and O–H groups in total. The molecule has 1 amide bonds. The summed E-state index contributed by atoms with van der Waals surface area (Å²) in [5.41, 5.74) is -0.483. The van der Waals surface area contributed by atoms with Crippen LogP contribution in [0.15, 0.2) is 11.0 Å². The molecule has 0 spiro atoms. The van der Waals surface area contributed by atoms with Gasteiger partial charge in [0.05, 0.1) is 10.6 Å². The summed E-state index contributed by atoms with van der Waals surface area (Å²) in [5.74, 6) is -3.86. The second kappa shape index (κ2) is 6.67. The molecule has 0 heterocycles. The van der Waals surface area contributed by atoms with Crippen LogP contribution in [0.1, 0.15) is 30.6 Å². The summed E-state index contributed by atoms with van der Waals surface area (Å²) >= 11 is 5.69. The number of hydrogen-bond acceptors (Lipinski definition) is 3. The molecule has 1 unspecified atom stereocenters. The molecule has 9 heteroatoms. The molecule has 0 saturated carbocycles. The maximum Gasteiger partial charge on any atom is 0.252 e. The van der Waals surface area contributed by atoms with Crippen molar-refractivity contribution in [3.05, 3.63) is 28.3 Å². The van der Waals surface area contributed by atoms with Crippen molar-refractivity contribution in [1.29, 1.82) is 0 Å². The number of amides is 1. The number of carbonyl (C=O) groups excluding carboxylic acids is 1. The number of nitrogens with one attached hydrogen (secondary N) is 1. The minimum Gasteiger partial charge on any atom is -0.352 e. The smallest absolute Gasteiger partial charge is 0.252 e. The van der Waals surface area contributed by atoms with Crippen LogP contribution in [0.5, 0.6) is 0 Å². The largest absolute Gasteiger partial charge is 0.352 e. The number of nitrogens with two attached hydrogens (primary N) is 1. The molecule has 118 valence electrons. The van der Waals surface area contributed by atoms with Gasteiger partial charge in [0.2, 0.25) is 10.0 Å². The maximum absolute atomic E-state index is 13.5. The third kappa shape index (κ3) is 4.12. The number of hydrogen-bond donors (Lipinski definition) is 2. The van der Waals surface area contributed by atoms with Crippen LogP contribution in [-0.4, -0.2) is 20.9 Å². The standard InChI is InChI=1S/C12H15ClF2N2O3S/c1-3-6(2)5-17-12(18)7-4-8(14)10(15)11(9(7)13)21(16,19)20/h4,6H,3,5H2,1-2H3,(H,17,18)(H2,16,19,20). The molecule has 1 atom stereocenters. The van der Waals surface area contributed by atoms with E-state index in [2.05, 4.69) is 5.32 Å². The highest BCUT2D eigenvalue weighted by Gasteiger charge is 2.27. The van der Waals surface area contributed by atoms with Crippen molar-refractivity contribution >= 4 is 27.5 Å². The van der Waals surface area contributed by atoms with Crippen molar-refractivity contribution in [3.8, 4) is 0 Å². The van der Waals surface area contributed by atoms with E-state index in [1.165, 1.54) is 0 Å². The van der Waals surface area contributed by atoms with E-state index in [-0.39, 0.29) is 12.5 Å². The fourth-order valence-corrected chi connectivity index (χ4v) is 2.76. The Morgan fingerprint density at radius 2 is 2.05 bits per heavy atom. The summed E-state index contributed by atoms with van der Waals surface area (Å²) in [7, 11) is -4.61. The molecule has 1 rings (SSSR count). The number of halogens is 3. The predicted molar refractivity (Wildman–Crippen MR) is 74.5 cm³/mol. The summed E-state index contributed by atoms with van der Waals surface area (Å²) in [5, 5.41) is 6.52. The lowest BCUT2D eigenvalue weighted by atomic mass is 10.1. The summed E-state index contributed by atoms with van der Waals surface area (Å²) in [6, 6.07) is 0.540. The summed E-state index contributed by atoms with van der Waals surface area (Å²) < 4.78 is 49.5. The second-order valence-electron chi connectivity index (χ2n) is 4.63. The van der Waals surface area contributed by atoms with Gasteiger partial charge in [-0.1, -0.05) is 31.9 Å². The molecule has 0 aromatic heterocycles. The Balaban J connectivity index is 3.27. The third-order valence-electron chi connectivity index (χ3n) is 2.95. The van der Waals surface area contributed by atoms with E-state index in [0.717, 1.165) is 6.42 Å². The van der Waals surface area contributed by atoms with Crippen molar-refractivity contribution in [1.82, 2.24) is 5.32 Å². The zero-order valence-corrected chi connectivity index (χ0v) is 13.0. The van der Waals surface area contributed by atoms with Gasteiger partial charge in [0, 0.05) is 6.54 Å². The second-order valence-corrected chi connectivity index (χ2v) is 6.51. The number of rotatable bonds is 5. The molecule has 0 radical (unpaired) electrons. The first-order chi connectivity index (χ1) is 9.59. The Morgan fingerprint density at radius 1 is 1.48 bits per heavy atom. The normalized spacial score (nSPS) is 13.0. The van der Waals surface area contributed by atoms with Gasteiger partial charge in [0.15, 0.2) is 11.6 Å². The lowest BCUT2D eigenvalue weighted by Crippen LogP contribution is -2.29. The Labute approximate surface area is 126 Å². The minimum absolute atomic E-state index is 0.163. The molecule has 21 heavy (non-hydrogen) atoms. The average molecular weight is 341 g/mol. The van der Waals surface area contributed by atoms with Crippen LogP contribution in [0.25, 0.3) is 0 Å². The first-order valence-corrected chi connectivity index (χ1v) is 8.00. The van der Waals surface area contributed by atoms with Crippen molar-refractivity contribution in [2.24, 2.45) is 11.1 Å². The zero-order valence-electron chi connectivity index (χ0n) is 11.4. The summed E-state index contributed by atoms with van der Waals surface area (Å²) in [6.45, 7) is 4.08. The number of benzene rings is 1. The van der Waals surface area contributed by atoms with Gasteiger partial charge in [-0.15, -0.1) is 0 Å². The van der Waals surface area contributed by atoms with Crippen molar-refractivity contribution in [2.45, 2.75) is 25.2 Å². The number of primary sulfonamides is 1. The lowest BCUT2D eigenvalue weighted by molar-refractivity contribution is 0.0947. The van der Waals surface area contributed by atoms with Crippen LogP contribution in [0.2, 0.25) is 5.02 Å². The molecule has 1 aromatic rings. The molecular formula is C12H15ClF2N2O3S. The van der Waals surface area contributed by atoms with Crippen LogP contribution < -0.4 is 10.5 Å². The van der Waals surface area contributed by atoms with E-state index in [9.17, 15) is 22.0 Å². The highest BCUT2D eigenvalue weighted by molar-refractivity contribution is 7.89. The first-order valence-electron chi connectivity index (χ1n) is 6.08. The quantitative estimate of drug-likeness (QED) is 0.804. The van der Waals surface area contributed by atoms with Gasteiger partial charge in [0.1, 0.15) is 4.90 Å². The van der Waals surface area contributed by atoms with E-state index < -0.39 is 43.0 Å². The van der Waals surface area contributed by atoms with Crippen LogP contribution >= 0.6 is 11.6 Å². The molecule has 0 aliphatic rings. The van der Waals surface area contributed by atoms with E-state index >= 15 is 0 Å². The van der Waals surface area contributed by atoms with Crippen LogP contribution in [0.3, 0.4) is 0 Å². The highest BCUT2D eigenvalue weighted by atomic mass is 35.5. The highest BCUT2D eigenvalue weighted by Crippen LogP contribution is 2.29.